The highest BCUT2D eigenvalue weighted by molar-refractivity contribution is 6.10. The molecule has 7 heteroatoms. The van der Waals surface area contributed by atoms with Gasteiger partial charge in [-0.15, -0.1) is 0 Å². The van der Waals surface area contributed by atoms with Crippen LogP contribution in [0.2, 0.25) is 0 Å². The molecule has 0 aliphatic rings. The molecule has 6 nitrogen and oxygen atoms in total. The molecule has 5 rings (SSSR count). The summed E-state index contributed by atoms with van der Waals surface area (Å²) in [5.74, 6) is -1.05. The number of hydrogen-bond donors (Lipinski definition) is 1. The number of ether oxygens (including phenoxy) is 1. The first-order chi connectivity index (χ1) is 16.6. The number of benzene rings is 4. The van der Waals surface area contributed by atoms with E-state index in [0.29, 0.717) is 33.5 Å². The lowest BCUT2D eigenvalue weighted by Crippen LogP contribution is -2.28. The Morgan fingerprint density at radius 2 is 1.68 bits per heavy atom. The minimum atomic E-state index is -0.633. The Balaban J connectivity index is 1.36. The molecule has 4 aromatic carbocycles. The zero-order valence-corrected chi connectivity index (χ0v) is 18.0. The molecule has 1 heterocycles. The smallest absolute Gasteiger partial charge is 0.339 e. The molecule has 1 aromatic heterocycles. The van der Waals surface area contributed by atoms with E-state index >= 15 is 0 Å². The van der Waals surface area contributed by atoms with Crippen molar-refractivity contribution in [3.63, 3.8) is 0 Å². The minimum absolute atomic E-state index is 0.201. The van der Waals surface area contributed by atoms with Crippen LogP contribution in [-0.2, 0) is 16.1 Å². The maximum absolute atomic E-state index is 13.0. The van der Waals surface area contributed by atoms with E-state index in [9.17, 15) is 14.0 Å². The first-order valence-electron chi connectivity index (χ1n) is 10.6. The van der Waals surface area contributed by atoms with E-state index in [1.165, 1.54) is 12.1 Å². The maximum atomic E-state index is 13.0. The number of esters is 1. The molecular weight excluding hydrogens is 435 g/mol. The second kappa shape index (κ2) is 9.15. The summed E-state index contributed by atoms with van der Waals surface area (Å²) in [5, 5.41) is 4.10. The Morgan fingerprint density at radius 3 is 2.47 bits per heavy atom. The molecule has 1 amide bonds. The molecule has 168 valence electrons. The van der Waals surface area contributed by atoms with Crippen molar-refractivity contribution in [1.29, 1.82) is 0 Å². The first-order valence-corrected chi connectivity index (χ1v) is 10.6. The van der Waals surface area contributed by atoms with Crippen LogP contribution in [0.1, 0.15) is 15.9 Å². The van der Waals surface area contributed by atoms with Crippen LogP contribution >= 0.6 is 0 Å². The fourth-order valence-corrected chi connectivity index (χ4v) is 3.74. The van der Waals surface area contributed by atoms with E-state index < -0.39 is 18.5 Å². The second-order valence-electron chi connectivity index (χ2n) is 7.68. The van der Waals surface area contributed by atoms with Gasteiger partial charge in [0, 0.05) is 17.5 Å². The van der Waals surface area contributed by atoms with Crippen LogP contribution in [-0.4, -0.2) is 23.5 Å². The Kier molecular flexibility index (Phi) is 5.74. The molecule has 0 aliphatic heterocycles. The molecular formula is C27H19FN2O4. The molecule has 0 aliphatic carbocycles. The highest BCUT2D eigenvalue weighted by Crippen LogP contribution is 2.33. The third kappa shape index (κ3) is 4.36. The number of fused-ring (bicyclic) bond motifs is 2. The summed E-state index contributed by atoms with van der Waals surface area (Å²) >= 11 is 0. The van der Waals surface area contributed by atoms with E-state index in [-0.39, 0.29) is 12.4 Å². The van der Waals surface area contributed by atoms with Gasteiger partial charge < -0.3 is 14.5 Å². The summed E-state index contributed by atoms with van der Waals surface area (Å²) < 4.78 is 24.2. The standard InChI is InChI=1S/C27H19FN2O4/c28-19-13-11-17(12-14-19)15-29-24(31)16-33-27(32)21-8-4-6-18-5-3-7-20(25(18)21)26-30-22-9-1-2-10-23(22)34-26/h1-14H,15-16H2,(H,29,31). The van der Waals surface area contributed by atoms with E-state index in [4.69, 9.17) is 9.15 Å². The van der Waals surface area contributed by atoms with Gasteiger partial charge in [-0.2, -0.15) is 0 Å². The van der Waals surface area contributed by atoms with Crippen molar-refractivity contribution in [3.05, 3.63) is 102 Å². The molecule has 5 aromatic rings. The van der Waals surface area contributed by atoms with Crippen LogP contribution in [0, 0.1) is 5.82 Å². The number of carbonyl (C=O) groups is 2. The maximum Gasteiger partial charge on any atom is 0.339 e. The van der Waals surface area contributed by atoms with Crippen molar-refractivity contribution in [2.24, 2.45) is 0 Å². The predicted octanol–water partition coefficient (Wildman–Crippen LogP) is 5.26. The van der Waals surface area contributed by atoms with Gasteiger partial charge in [-0.25, -0.2) is 14.2 Å². The molecule has 0 saturated carbocycles. The quantitative estimate of drug-likeness (QED) is 0.354. The Bertz CT molecular complexity index is 1470. The van der Waals surface area contributed by atoms with Crippen molar-refractivity contribution in [2.75, 3.05) is 6.61 Å². The van der Waals surface area contributed by atoms with Crippen molar-refractivity contribution in [1.82, 2.24) is 10.3 Å². The first kappa shape index (κ1) is 21.3. The third-order valence-electron chi connectivity index (χ3n) is 5.39. The summed E-state index contributed by atoms with van der Waals surface area (Å²) in [6, 6.07) is 24.1. The molecule has 0 fully saturated rings. The zero-order chi connectivity index (χ0) is 23.5. The van der Waals surface area contributed by atoms with Gasteiger partial charge in [0.05, 0.1) is 5.56 Å². The van der Waals surface area contributed by atoms with E-state index in [1.54, 1.807) is 24.3 Å². The summed E-state index contributed by atoms with van der Waals surface area (Å²) in [5.41, 5.74) is 3.06. The lowest BCUT2D eigenvalue weighted by Gasteiger charge is -2.10. The molecule has 34 heavy (non-hydrogen) atoms. The predicted molar refractivity (Wildman–Crippen MR) is 125 cm³/mol. The number of nitrogens with zero attached hydrogens (tertiary/aromatic N) is 1. The van der Waals surface area contributed by atoms with Crippen LogP contribution in [0.25, 0.3) is 33.3 Å². The van der Waals surface area contributed by atoms with Crippen molar-refractivity contribution in [2.45, 2.75) is 6.54 Å². The Hall–Kier alpha value is -4.52. The molecule has 0 radical (unpaired) electrons. The number of carbonyl (C=O) groups excluding carboxylic acids is 2. The zero-order valence-electron chi connectivity index (χ0n) is 18.0. The lowest BCUT2D eigenvalue weighted by molar-refractivity contribution is -0.124. The largest absolute Gasteiger partial charge is 0.452 e. The minimum Gasteiger partial charge on any atom is -0.452 e. The van der Waals surface area contributed by atoms with Gasteiger partial charge in [-0.05, 0) is 47.3 Å². The van der Waals surface area contributed by atoms with E-state index in [1.807, 2.05) is 48.5 Å². The van der Waals surface area contributed by atoms with Crippen LogP contribution in [0.5, 0.6) is 0 Å². The van der Waals surface area contributed by atoms with Gasteiger partial charge in [0.25, 0.3) is 5.91 Å². The second-order valence-corrected chi connectivity index (χ2v) is 7.68. The average molecular weight is 454 g/mol. The van der Waals surface area contributed by atoms with Crippen LogP contribution < -0.4 is 5.32 Å². The lowest BCUT2D eigenvalue weighted by atomic mass is 9.99. The van der Waals surface area contributed by atoms with E-state index in [0.717, 1.165) is 10.9 Å². The molecule has 0 spiro atoms. The number of halogens is 1. The number of amides is 1. The summed E-state index contributed by atoms with van der Waals surface area (Å²) in [4.78, 5) is 29.7. The Morgan fingerprint density at radius 1 is 0.912 bits per heavy atom. The van der Waals surface area contributed by atoms with Crippen LogP contribution in [0.4, 0.5) is 4.39 Å². The van der Waals surface area contributed by atoms with Gasteiger partial charge in [-0.3, -0.25) is 4.79 Å². The van der Waals surface area contributed by atoms with Crippen LogP contribution in [0.15, 0.2) is 89.3 Å². The van der Waals surface area contributed by atoms with E-state index in [2.05, 4.69) is 10.3 Å². The summed E-state index contributed by atoms with van der Waals surface area (Å²) in [6.45, 7) is -0.242. The fourth-order valence-electron chi connectivity index (χ4n) is 3.74. The monoisotopic (exact) mass is 454 g/mol. The van der Waals surface area contributed by atoms with Gasteiger partial charge in [-0.1, -0.05) is 48.5 Å². The summed E-state index contributed by atoms with van der Waals surface area (Å²) in [6.07, 6.45) is 0. The molecule has 0 saturated heterocycles. The van der Waals surface area contributed by atoms with Gasteiger partial charge in [0.15, 0.2) is 12.2 Å². The highest BCUT2D eigenvalue weighted by atomic mass is 19.1. The normalized spacial score (nSPS) is 11.0. The number of rotatable bonds is 6. The summed E-state index contributed by atoms with van der Waals surface area (Å²) in [7, 11) is 0. The fraction of sp³-hybridized carbons (Fsp3) is 0.0741. The Labute approximate surface area is 194 Å². The van der Waals surface area contributed by atoms with Gasteiger partial charge in [0.1, 0.15) is 11.3 Å². The molecule has 0 bridgehead atoms. The average Bonchev–Trinajstić information content (AvgIpc) is 3.30. The van der Waals surface area contributed by atoms with Crippen molar-refractivity contribution in [3.8, 4) is 11.5 Å². The van der Waals surface area contributed by atoms with Gasteiger partial charge >= 0.3 is 5.97 Å². The number of aromatic nitrogens is 1. The number of hydrogen-bond acceptors (Lipinski definition) is 5. The van der Waals surface area contributed by atoms with Crippen molar-refractivity contribution >= 4 is 33.7 Å². The molecule has 0 unspecified atom stereocenters. The SMILES string of the molecule is O=C(COC(=O)c1cccc2cccc(-c3nc4ccccc4o3)c12)NCc1ccc(F)cc1. The topological polar surface area (TPSA) is 81.4 Å². The van der Waals surface area contributed by atoms with Crippen molar-refractivity contribution < 1.29 is 23.1 Å². The van der Waals surface area contributed by atoms with Gasteiger partial charge in [0.2, 0.25) is 5.89 Å². The number of oxazole rings is 1. The van der Waals surface area contributed by atoms with Crippen LogP contribution in [0.3, 0.4) is 0 Å². The molecule has 1 N–H and O–H groups in total. The number of para-hydroxylation sites is 2. The molecule has 0 atom stereocenters. The highest BCUT2D eigenvalue weighted by Gasteiger charge is 2.19. The third-order valence-corrected chi connectivity index (χ3v) is 5.39. The number of nitrogens with one attached hydrogen (secondary N) is 1.